The summed E-state index contributed by atoms with van der Waals surface area (Å²) in [5, 5.41) is 5.17. The number of hydrogen-bond acceptors (Lipinski definition) is 6. The van der Waals surface area contributed by atoms with E-state index in [0.717, 1.165) is 30.5 Å². The molecule has 1 saturated carbocycles. The number of nitrogens with zero attached hydrogens (tertiary/aromatic N) is 3. The first kappa shape index (κ1) is 25.7. The fourth-order valence-electron chi connectivity index (χ4n) is 3.61. The van der Waals surface area contributed by atoms with Crippen LogP contribution in [0.25, 0.3) is 11.5 Å². The van der Waals surface area contributed by atoms with Crippen LogP contribution in [0.4, 0.5) is 24.8 Å². The number of aromatic nitrogens is 3. The second-order valence-electron chi connectivity index (χ2n) is 8.93. The molecular weight excluding hydrogens is 511 g/mol. The molecule has 1 aliphatic rings. The predicted octanol–water partition coefficient (Wildman–Crippen LogP) is 5.46. The van der Waals surface area contributed by atoms with E-state index in [2.05, 4.69) is 37.4 Å². The number of hydrogen-bond donors (Lipinski definition) is 2. The van der Waals surface area contributed by atoms with Gasteiger partial charge in [0.25, 0.3) is 5.91 Å². The minimum atomic E-state index is -4.64. The van der Waals surface area contributed by atoms with Crippen molar-refractivity contribution < 1.29 is 27.2 Å². The summed E-state index contributed by atoms with van der Waals surface area (Å²) in [7, 11) is 0. The first-order valence-corrected chi connectivity index (χ1v) is 11.8. The smallest absolute Gasteiger partial charge is 0.416 e. The van der Waals surface area contributed by atoms with Gasteiger partial charge in [0.2, 0.25) is 17.7 Å². The summed E-state index contributed by atoms with van der Waals surface area (Å²) in [4.78, 5) is 36.9. The number of amides is 2. The van der Waals surface area contributed by atoms with Crippen LogP contribution < -0.4 is 10.6 Å². The fraction of sp³-hybridized carbons (Fsp3) is 0.179. The van der Waals surface area contributed by atoms with Crippen LogP contribution in [0.1, 0.15) is 45.5 Å². The van der Waals surface area contributed by atoms with Crippen molar-refractivity contribution in [1.82, 2.24) is 15.0 Å². The predicted molar refractivity (Wildman–Crippen MR) is 135 cm³/mol. The number of carbonyl (C=O) groups is 2. The average molecular weight is 531 g/mol. The van der Waals surface area contributed by atoms with Gasteiger partial charge in [-0.1, -0.05) is 17.9 Å². The van der Waals surface area contributed by atoms with Crippen LogP contribution in [0.5, 0.6) is 0 Å². The molecule has 1 aliphatic carbocycles. The van der Waals surface area contributed by atoms with E-state index in [1.54, 1.807) is 18.2 Å². The number of aryl methyl sites for hydroxylation is 1. The summed E-state index contributed by atoms with van der Waals surface area (Å²) >= 11 is 0. The van der Waals surface area contributed by atoms with Crippen molar-refractivity contribution in [2.24, 2.45) is 5.92 Å². The molecule has 8 nitrogen and oxygen atoms in total. The van der Waals surface area contributed by atoms with Gasteiger partial charge in [-0.25, -0.2) is 15.0 Å². The van der Waals surface area contributed by atoms with E-state index in [9.17, 15) is 22.8 Å². The van der Waals surface area contributed by atoms with Crippen LogP contribution in [0, 0.1) is 24.7 Å². The number of oxazole rings is 1. The van der Waals surface area contributed by atoms with Gasteiger partial charge in [-0.05, 0) is 55.7 Å². The number of benzene rings is 2. The highest BCUT2D eigenvalue weighted by atomic mass is 19.4. The molecule has 2 aromatic carbocycles. The summed E-state index contributed by atoms with van der Waals surface area (Å²) < 4.78 is 45.6. The molecule has 0 unspecified atom stereocenters. The number of carbonyl (C=O) groups excluding carboxylic acids is 2. The highest BCUT2D eigenvalue weighted by Crippen LogP contribution is 2.35. The molecule has 39 heavy (non-hydrogen) atoms. The first-order valence-electron chi connectivity index (χ1n) is 11.8. The molecule has 0 bridgehead atoms. The lowest BCUT2D eigenvalue weighted by molar-refractivity contribution is -0.137. The van der Waals surface area contributed by atoms with E-state index >= 15 is 0 Å². The molecule has 2 aromatic heterocycles. The van der Waals surface area contributed by atoms with Crippen molar-refractivity contribution in [3.63, 3.8) is 0 Å². The van der Waals surface area contributed by atoms with Crippen molar-refractivity contribution >= 4 is 23.5 Å². The molecule has 11 heteroatoms. The Kier molecular flexibility index (Phi) is 6.85. The molecule has 0 radical (unpaired) electrons. The normalized spacial score (nSPS) is 12.8. The van der Waals surface area contributed by atoms with Gasteiger partial charge in [-0.2, -0.15) is 13.2 Å². The SMILES string of the molecule is Cc1ccc(C(=O)Nc2cc(-c3ncco3)cc(C(F)(F)F)c2)cc1C#Cc1cnc(NC(=O)C2CC2)nc1. The van der Waals surface area contributed by atoms with Gasteiger partial charge in [-0.15, -0.1) is 0 Å². The van der Waals surface area contributed by atoms with Gasteiger partial charge < -0.3 is 9.73 Å². The van der Waals surface area contributed by atoms with E-state index in [0.29, 0.717) is 11.1 Å². The van der Waals surface area contributed by atoms with Gasteiger partial charge in [0.05, 0.1) is 17.3 Å². The molecule has 0 atom stereocenters. The molecule has 2 N–H and O–H groups in total. The van der Waals surface area contributed by atoms with E-state index < -0.39 is 17.6 Å². The monoisotopic (exact) mass is 531 g/mol. The topological polar surface area (TPSA) is 110 Å². The van der Waals surface area contributed by atoms with Crippen LogP contribution in [0.2, 0.25) is 0 Å². The largest absolute Gasteiger partial charge is 0.445 e. The summed E-state index contributed by atoms with van der Waals surface area (Å²) in [5.74, 6) is 5.40. The van der Waals surface area contributed by atoms with Crippen molar-refractivity contribution in [2.45, 2.75) is 25.9 Å². The summed E-state index contributed by atoms with van der Waals surface area (Å²) in [6, 6.07) is 7.89. The Balaban J connectivity index is 1.34. The Morgan fingerprint density at radius 3 is 2.44 bits per heavy atom. The third-order valence-corrected chi connectivity index (χ3v) is 5.87. The average Bonchev–Trinajstić information content (AvgIpc) is 3.62. The van der Waals surface area contributed by atoms with Gasteiger partial charge in [0, 0.05) is 40.7 Å². The van der Waals surface area contributed by atoms with Crippen LogP contribution >= 0.6 is 0 Å². The zero-order valence-electron chi connectivity index (χ0n) is 20.5. The number of rotatable bonds is 5. The maximum Gasteiger partial charge on any atom is 0.416 e. The van der Waals surface area contributed by atoms with E-state index in [1.807, 2.05) is 6.92 Å². The Bertz CT molecular complexity index is 1600. The first-order chi connectivity index (χ1) is 18.7. The molecule has 0 saturated heterocycles. The highest BCUT2D eigenvalue weighted by molar-refractivity contribution is 6.04. The number of halogens is 3. The van der Waals surface area contributed by atoms with E-state index in [4.69, 9.17) is 4.42 Å². The van der Waals surface area contributed by atoms with Crippen molar-refractivity contribution in [1.29, 1.82) is 0 Å². The van der Waals surface area contributed by atoms with E-state index in [-0.39, 0.29) is 40.5 Å². The molecule has 196 valence electrons. The lowest BCUT2D eigenvalue weighted by Gasteiger charge is -2.12. The standard InChI is InChI=1S/C28H20F3N5O3/c1-16-2-4-20(10-19(16)5-3-17-14-33-27(34-15-17)36-24(37)18-6-7-18)25(38)35-23-12-21(26-32-8-9-39-26)11-22(13-23)28(29,30)31/h2,4,8-15,18H,6-7H2,1H3,(H,35,38)(H,33,34,36,37). The summed E-state index contributed by atoms with van der Waals surface area (Å²) in [6.45, 7) is 1.81. The third-order valence-electron chi connectivity index (χ3n) is 5.87. The number of nitrogens with one attached hydrogen (secondary N) is 2. The minimum Gasteiger partial charge on any atom is -0.445 e. The van der Waals surface area contributed by atoms with E-state index in [1.165, 1.54) is 30.9 Å². The molecular formula is C28H20F3N5O3. The molecule has 1 fully saturated rings. The van der Waals surface area contributed by atoms with Crippen molar-refractivity contribution in [3.8, 4) is 23.3 Å². The highest BCUT2D eigenvalue weighted by Gasteiger charge is 2.32. The Labute approximate surface area is 220 Å². The molecule has 2 amide bonds. The van der Waals surface area contributed by atoms with Gasteiger partial charge >= 0.3 is 6.18 Å². The maximum absolute atomic E-state index is 13.5. The van der Waals surface area contributed by atoms with Gasteiger partial charge in [0.15, 0.2) is 0 Å². The van der Waals surface area contributed by atoms with Gasteiger partial charge in [-0.3, -0.25) is 14.9 Å². The number of anilines is 2. The molecule has 5 rings (SSSR count). The van der Waals surface area contributed by atoms with Gasteiger partial charge in [0.1, 0.15) is 6.26 Å². The zero-order chi connectivity index (χ0) is 27.6. The lowest BCUT2D eigenvalue weighted by atomic mass is 10.0. The molecule has 0 spiro atoms. The zero-order valence-corrected chi connectivity index (χ0v) is 20.5. The van der Waals surface area contributed by atoms with Crippen LogP contribution in [-0.4, -0.2) is 26.8 Å². The van der Waals surface area contributed by atoms with Crippen LogP contribution in [0.15, 0.2) is 65.7 Å². The van der Waals surface area contributed by atoms with Crippen molar-refractivity contribution in [3.05, 3.63) is 89.1 Å². The van der Waals surface area contributed by atoms with Crippen molar-refractivity contribution in [2.75, 3.05) is 10.6 Å². The summed E-state index contributed by atoms with van der Waals surface area (Å²) in [5.41, 5.74) is 1.08. The molecule has 4 aromatic rings. The Morgan fingerprint density at radius 2 is 1.77 bits per heavy atom. The second kappa shape index (κ2) is 10.4. The molecule has 2 heterocycles. The third kappa shape index (κ3) is 6.30. The van der Waals surface area contributed by atoms with Crippen LogP contribution in [-0.2, 0) is 11.0 Å². The fourth-order valence-corrected chi connectivity index (χ4v) is 3.61. The Morgan fingerprint density at radius 1 is 1.00 bits per heavy atom. The van der Waals surface area contributed by atoms with Crippen LogP contribution in [0.3, 0.4) is 0 Å². The maximum atomic E-state index is 13.5. The molecule has 0 aliphatic heterocycles. The quantitative estimate of drug-likeness (QED) is 0.331. The second-order valence-corrected chi connectivity index (χ2v) is 8.93. The number of alkyl halides is 3. The summed E-state index contributed by atoms with van der Waals surface area (Å²) in [6.07, 6.45) is 2.62. The Hall–Kier alpha value is -4.98. The minimum absolute atomic E-state index is 0.00759. The lowest BCUT2D eigenvalue weighted by Crippen LogP contribution is -2.15.